The summed E-state index contributed by atoms with van der Waals surface area (Å²) >= 11 is 1.43. The van der Waals surface area contributed by atoms with Gasteiger partial charge in [-0.15, -0.1) is 11.3 Å². The fourth-order valence-corrected chi connectivity index (χ4v) is 2.82. The Morgan fingerprint density at radius 2 is 1.92 bits per heavy atom. The maximum absolute atomic E-state index is 11.9. The van der Waals surface area contributed by atoms with Crippen molar-refractivity contribution in [1.82, 2.24) is 10.3 Å². The van der Waals surface area contributed by atoms with Crippen LogP contribution in [0.5, 0.6) is 0 Å². The molecule has 1 aromatic carbocycles. The van der Waals surface area contributed by atoms with Crippen molar-refractivity contribution in [2.24, 2.45) is 5.92 Å². The Balaban J connectivity index is 1.94. The zero-order chi connectivity index (χ0) is 17.5. The number of aromatic nitrogens is 1. The molecule has 5 nitrogen and oxygen atoms in total. The van der Waals surface area contributed by atoms with Crippen molar-refractivity contribution in [1.29, 1.82) is 0 Å². The van der Waals surface area contributed by atoms with Crippen LogP contribution in [-0.4, -0.2) is 16.8 Å². The number of amides is 2. The second-order valence-electron chi connectivity index (χ2n) is 6.13. The van der Waals surface area contributed by atoms with Gasteiger partial charge in [0.2, 0.25) is 11.8 Å². The topological polar surface area (TPSA) is 71.1 Å². The Kier molecular flexibility index (Phi) is 6.49. The minimum Gasteiger partial charge on any atom is -0.352 e. The van der Waals surface area contributed by atoms with Crippen LogP contribution in [0.3, 0.4) is 0 Å². The van der Waals surface area contributed by atoms with E-state index in [1.165, 1.54) is 18.3 Å². The third kappa shape index (κ3) is 5.77. The first-order valence-corrected chi connectivity index (χ1v) is 8.91. The van der Waals surface area contributed by atoms with Gasteiger partial charge in [-0.1, -0.05) is 38.1 Å². The molecule has 0 saturated carbocycles. The predicted molar refractivity (Wildman–Crippen MR) is 97.8 cm³/mol. The van der Waals surface area contributed by atoms with Crippen molar-refractivity contribution in [3.63, 3.8) is 0 Å². The fourth-order valence-electron chi connectivity index (χ4n) is 2.09. The fraction of sp³-hybridized carbons (Fsp3) is 0.389. The van der Waals surface area contributed by atoms with Gasteiger partial charge in [0.1, 0.15) is 0 Å². The summed E-state index contributed by atoms with van der Waals surface area (Å²) in [6.45, 7) is 6.22. The Morgan fingerprint density at radius 3 is 2.54 bits per heavy atom. The lowest BCUT2D eigenvalue weighted by Crippen LogP contribution is -2.18. The van der Waals surface area contributed by atoms with Crippen LogP contribution in [0.15, 0.2) is 29.6 Å². The highest BCUT2D eigenvalue weighted by Crippen LogP contribution is 2.25. The van der Waals surface area contributed by atoms with Crippen LogP contribution in [-0.2, 0) is 16.1 Å². The molecule has 0 fully saturated rings. The molecule has 2 N–H and O–H groups in total. The molecule has 0 spiro atoms. The summed E-state index contributed by atoms with van der Waals surface area (Å²) < 4.78 is 0. The molecule has 128 valence electrons. The van der Waals surface area contributed by atoms with E-state index < -0.39 is 0 Å². The van der Waals surface area contributed by atoms with E-state index in [1.807, 2.05) is 29.6 Å². The third-order valence-electron chi connectivity index (χ3n) is 3.49. The SMILES string of the molecule is CC(=O)NCc1ccc(-c2csc(NC(=O)CCC(C)C)n2)cc1. The summed E-state index contributed by atoms with van der Waals surface area (Å²) in [5.74, 6) is 0.477. The summed E-state index contributed by atoms with van der Waals surface area (Å²) in [7, 11) is 0. The molecule has 0 saturated heterocycles. The van der Waals surface area contributed by atoms with Crippen LogP contribution >= 0.6 is 11.3 Å². The van der Waals surface area contributed by atoms with E-state index in [0.717, 1.165) is 23.2 Å². The summed E-state index contributed by atoms with van der Waals surface area (Å²) in [6, 6.07) is 7.87. The van der Waals surface area contributed by atoms with Gasteiger partial charge in [-0.2, -0.15) is 0 Å². The Bertz CT molecular complexity index is 693. The van der Waals surface area contributed by atoms with Crippen LogP contribution < -0.4 is 10.6 Å². The number of nitrogens with zero attached hydrogens (tertiary/aromatic N) is 1. The number of carbonyl (C=O) groups excluding carboxylic acids is 2. The quantitative estimate of drug-likeness (QED) is 0.801. The van der Waals surface area contributed by atoms with Gasteiger partial charge in [0, 0.05) is 30.8 Å². The molecule has 1 heterocycles. The van der Waals surface area contributed by atoms with Gasteiger partial charge in [0.05, 0.1) is 5.69 Å². The second-order valence-corrected chi connectivity index (χ2v) is 6.98. The molecular formula is C18H23N3O2S. The highest BCUT2D eigenvalue weighted by Gasteiger charge is 2.09. The number of hydrogen-bond donors (Lipinski definition) is 2. The molecule has 2 rings (SSSR count). The number of nitrogens with one attached hydrogen (secondary N) is 2. The van der Waals surface area contributed by atoms with Crippen molar-refractivity contribution in [3.05, 3.63) is 35.2 Å². The average Bonchev–Trinajstić information content (AvgIpc) is 3.00. The molecule has 0 radical (unpaired) electrons. The zero-order valence-corrected chi connectivity index (χ0v) is 15.1. The second kappa shape index (κ2) is 8.59. The van der Waals surface area contributed by atoms with Gasteiger partial charge in [0.15, 0.2) is 5.13 Å². The number of anilines is 1. The van der Waals surface area contributed by atoms with Crippen LogP contribution in [0, 0.1) is 5.92 Å². The van der Waals surface area contributed by atoms with E-state index in [4.69, 9.17) is 0 Å². The molecule has 1 aromatic heterocycles. The summed E-state index contributed by atoms with van der Waals surface area (Å²) in [6.07, 6.45) is 1.39. The number of thiazole rings is 1. The van der Waals surface area contributed by atoms with Crippen molar-refractivity contribution >= 4 is 28.3 Å². The van der Waals surface area contributed by atoms with Gasteiger partial charge in [0.25, 0.3) is 0 Å². The van der Waals surface area contributed by atoms with Crippen LogP contribution in [0.2, 0.25) is 0 Å². The molecule has 0 unspecified atom stereocenters. The molecule has 0 atom stereocenters. The van der Waals surface area contributed by atoms with E-state index in [9.17, 15) is 9.59 Å². The molecule has 24 heavy (non-hydrogen) atoms. The van der Waals surface area contributed by atoms with Gasteiger partial charge < -0.3 is 10.6 Å². The monoisotopic (exact) mass is 345 g/mol. The van der Waals surface area contributed by atoms with Gasteiger partial charge in [-0.05, 0) is 17.9 Å². The molecular weight excluding hydrogens is 322 g/mol. The van der Waals surface area contributed by atoms with Gasteiger partial charge >= 0.3 is 0 Å². The van der Waals surface area contributed by atoms with E-state index in [0.29, 0.717) is 24.0 Å². The third-order valence-corrected chi connectivity index (χ3v) is 4.25. The first-order chi connectivity index (χ1) is 11.4. The minimum absolute atomic E-state index is 0.00950. The number of hydrogen-bond acceptors (Lipinski definition) is 4. The van der Waals surface area contributed by atoms with Gasteiger partial charge in [-0.25, -0.2) is 4.98 Å². The average molecular weight is 345 g/mol. The van der Waals surface area contributed by atoms with Crippen LogP contribution in [0.25, 0.3) is 11.3 Å². The Hall–Kier alpha value is -2.21. The Labute approximate surface area is 146 Å². The van der Waals surface area contributed by atoms with Crippen LogP contribution in [0.4, 0.5) is 5.13 Å². The number of rotatable bonds is 7. The molecule has 0 bridgehead atoms. The van der Waals surface area contributed by atoms with Gasteiger partial charge in [-0.3, -0.25) is 9.59 Å². The Morgan fingerprint density at radius 1 is 1.21 bits per heavy atom. The number of carbonyl (C=O) groups is 2. The molecule has 2 amide bonds. The highest BCUT2D eigenvalue weighted by atomic mass is 32.1. The van der Waals surface area contributed by atoms with E-state index in [1.54, 1.807) is 0 Å². The number of benzene rings is 1. The van der Waals surface area contributed by atoms with Crippen molar-refractivity contribution in [2.45, 2.75) is 40.2 Å². The minimum atomic E-state index is -0.0450. The first kappa shape index (κ1) is 18.1. The van der Waals surface area contributed by atoms with E-state index in [2.05, 4.69) is 29.5 Å². The predicted octanol–water partition coefficient (Wildman–Crippen LogP) is 3.82. The molecule has 0 aliphatic carbocycles. The van der Waals surface area contributed by atoms with Crippen molar-refractivity contribution in [2.75, 3.05) is 5.32 Å². The van der Waals surface area contributed by atoms with Crippen LogP contribution in [0.1, 0.15) is 39.2 Å². The summed E-state index contributed by atoms with van der Waals surface area (Å²) in [5.41, 5.74) is 2.86. The zero-order valence-electron chi connectivity index (χ0n) is 14.3. The normalized spacial score (nSPS) is 10.7. The summed E-state index contributed by atoms with van der Waals surface area (Å²) in [5, 5.41) is 8.18. The first-order valence-electron chi connectivity index (χ1n) is 8.03. The van der Waals surface area contributed by atoms with Crippen molar-refractivity contribution in [3.8, 4) is 11.3 Å². The highest BCUT2D eigenvalue weighted by molar-refractivity contribution is 7.14. The lowest BCUT2D eigenvalue weighted by molar-refractivity contribution is -0.119. The maximum Gasteiger partial charge on any atom is 0.226 e. The largest absolute Gasteiger partial charge is 0.352 e. The lowest BCUT2D eigenvalue weighted by atomic mass is 10.1. The van der Waals surface area contributed by atoms with E-state index in [-0.39, 0.29) is 11.8 Å². The maximum atomic E-state index is 11.9. The van der Waals surface area contributed by atoms with Crippen molar-refractivity contribution < 1.29 is 9.59 Å². The summed E-state index contributed by atoms with van der Waals surface area (Å²) in [4.78, 5) is 27.2. The lowest BCUT2D eigenvalue weighted by Gasteiger charge is -2.04. The van der Waals surface area contributed by atoms with E-state index >= 15 is 0 Å². The smallest absolute Gasteiger partial charge is 0.226 e. The molecule has 0 aliphatic rings. The molecule has 6 heteroatoms. The molecule has 0 aliphatic heterocycles. The molecule has 2 aromatic rings. The standard InChI is InChI=1S/C18H23N3O2S/c1-12(2)4-9-17(23)21-18-20-16(11-24-18)15-7-5-14(6-8-15)10-19-13(3)22/h5-8,11-12H,4,9-10H2,1-3H3,(H,19,22)(H,20,21,23).